The highest BCUT2D eigenvalue weighted by molar-refractivity contribution is 5.77. The van der Waals surface area contributed by atoms with Gasteiger partial charge in [-0.05, 0) is 44.9 Å². The Balaban J connectivity index is 2.00. The van der Waals surface area contributed by atoms with Crippen molar-refractivity contribution in [3.63, 3.8) is 0 Å². The number of nitrogens with zero attached hydrogens (tertiary/aromatic N) is 2. The fourth-order valence-electron chi connectivity index (χ4n) is 3.94. The van der Waals surface area contributed by atoms with Gasteiger partial charge in [-0.3, -0.25) is 9.97 Å². The summed E-state index contributed by atoms with van der Waals surface area (Å²) in [6.45, 7) is 0. The van der Waals surface area contributed by atoms with Gasteiger partial charge in [0.1, 0.15) is 5.60 Å². The van der Waals surface area contributed by atoms with Gasteiger partial charge in [-0.2, -0.15) is 0 Å². The maximum atomic E-state index is 12.0. The lowest BCUT2D eigenvalue weighted by Gasteiger charge is -2.47. The zero-order valence-corrected chi connectivity index (χ0v) is 13.3. The Bertz CT molecular complexity index is 545. The first-order valence-electron chi connectivity index (χ1n) is 8.47. The minimum Gasteiger partial charge on any atom is -0.479 e. The van der Waals surface area contributed by atoms with Gasteiger partial charge in [0.15, 0.2) is 5.60 Å². The molecule has 0 aromatic carbocycles. The summed E-state index contributed by atoms with van der Waals surface area (Å²) in [4.78, 5) is 20.4. The predicted octanol–water partition coefficient (Wildman–Crippen LogP) is 2.41. The third-order valence-electron chi connectivity index (χ3n) is 5.24. The second-order valence-electron chi connectivity index (χ2n) is 6.70. The molecule has 2 aliphatic rings. The van der Waals surface area contributed by atoms with Crippen molar-refractivity contribution in [3.05, 3.63) is 24.3 Å². The molecule has 0 spiro atoms. The first-order valence-corrected chi connectivity index (χ1v) is 8.47. The van der Waals surface area contributed by atoms with E-state index in [0.717, 1.165) is 32.1 Å². The van der Waals surface area contributed by atoms with Crippen LogP contribution in [0.25, 0.3) is 0 Å². The minimum atomic E-state index is -1.23. The molecular formula is C17H24N2O4. The van der Waals surface area contributed by atoms with Crippen LogP contribution in [0.3, 0.4) is 0 Å². The van der Waals surface area contributed by atoms with E-state index >= 15 is 0 Å². The van der Waals surface area contributed by atoms with Crippen molar-refractivity contribution in [1.29, 1.82) is 0 Å². The van der Waals surface area contributed by atoms with Crippen LogP contribution in [0.1, 0.15) is 63.5 Å². The molecule has 2 saturated carbocycles. The number of aromatic nitrogens is 2. The van der Waals surface area contributed by atoms with Gasteiger partial charge in [0.2, 0.25) is 0 Å². The first-order chi connectivity index (χ1) is 11.1. The smallest absolute Gasteiger partial charge is 0.336 e. The molecule has 1 heterocycles. The number of hydrogen-bond donors (Lipinski definition) is 2. The summed E-state index contributed by atoms with van der Waals surface area (Å²) in [6.07, 6.45) is 10.6. The van der Waals surface area contributed by atoms with Crippen molar-refractivity contribution >= 4 is 5.97 Å². The average molecular weight is 320 g/mol. The SMILES string of the molecule is O=C(O)C1(OC2(c3cnccn3)CCCCC2O)CCCCC1. The van der Waals surface area contributed by atoms with E-state index in [1.54, 1.807) is 18.6 Å². The molecule has 2 unspecified atom stereocenters. The highest BCUT2D eigenvalue weighted by Crippen LogP contribution is 2.46. The number of aliphatic hydroxyl groups excluding tert-OH is 1. The zero-order chi connectivity index (χ0) is 16.3. The molecule has 0 aliphatic heterocycles. The molecule has 0 saturated heterocycles. The van der Waals surface area contributed by atoms with Crippen molar-refractivity contribution in [2.24, 2.45) is 0 Å². The van der Waals surface area contributed by atoms with Crippen LogP contribution in [0.2, 0.25) is 0 Å². The number of aliphatic carboxylic acids is 1. The normalized spacial score (nSPS) is 30.7. The number of carboxylic acids is 1. The molecule has 1 aromatic heterocycles. The zero-order valence-electron chi connectivity index (χ0n) is 13.3. The largest absolute Gasteiger partial charge is 0.479 e. The van der Waals surface area contributed by atoms with Crippen LogP contribution >= 0.6 is 0 Å². The number of carboxylic acid groups (broad SMARTS) is 1. The Hall–Kier alpha value is -1.53. The summed E-state index contributed by atoms with van der Waals surface area (Å²) in [7, 11) is 0. The van der Waals surface area contributed by atoms with Crippen LogP contribution in [0.15, 0.2) is 18.6 Å². The average Bonchev–Trinajstić information content (AvgIpc) is 2.58. The van der Waals surface area contributed by atoms with E-state index in [1.165, 1.54) is 0 Å². The Morgan fingerprint density at radius 3 is 2.48 bits per heavy atom. The summed E-state index contributed by atoms with van der Waals surface area (Å²) in [5.41, 5.74) is -1.76. The number of ether oxygens (including phenoxy) is 1. The second kappa shape index (κ2) is 6.53. The van der Waals surface area contributed by atoms with Crippen molar-refractivity contribution in [2.45, 2.75) is 75.1 Å². The monoisotopic (exact) mass is 320 g/mol. The molecule has 23 heavy (non-hydrogen) atoms. The van der Waals surface area contributed by atoms with Gasteiger partial charge >= 0.3 is 5.97 Å². The lowest BCUT2D eigenvalue weighted by molar-refractivity contribution is -0.238. The maximum Gasteiger partial charge on any atom is 0.336 e. The van der Waals surface area contributed by atoms with Crippen LogP contribution in [-0.2, 0) is 15.1 Å². The van der Waals surface area contributed by atoms with Crippen molar-refractivity contribution in [1.82, 2.24) is 9.97 Å². The van der Waals surface area contributed by atoms with E-state index in [2.05, 4.69) is 9.97 Å². The highest BCUT2D eigenvalue weighted by atomic mass is 16.6. The molecule has 126 valence electrons. The lowest BCUT2D eigenvalue weighted by Crippen LogP contribution is -2.55. The maximum absolute atomic E-state index is 12.0. The summed E-state index contributed by atoms with van der Waals surface area (Å²) < 4.78 is 6.32. The van der Waals surface area contributed by atoms with E-state index in [1.807, 2.05) is 0 Å². The van der Waals surface area contributed by atoms with Crippen molar-refractivity contribution in [2.75, 3.05) is 0 Å². The predicted molar refractivity (Wildman–Crippen MR) is 82.7 cm³/mol. The van der Waals surface area contributed by atoms with Gasteiger partial charge in [0.25, 0.3) is 0 Å². The Labute approximate surface area is 135 Å². The van der Waals surface area contributed by atoms with Gasteiger partial charge in [-0.25, -0.2) is 4.79 Å². The fourth-order valence-corrected chi connectivity index (χ4v) is 3.94. The van der Waals surface area contributed by atoms with Crippen LogP contribution in [0.4, 0.5) is 0 Å². The molecule has 2 fully saturated rings. The van der Waals surface area contributed by atoms with E-state index in [0.29, 0.717) is 31.4 Å². The quantitative estimate of drug-likeness (QED) is 0.885. The highest BCUT2D eigenvalue weighted by Gasteiger charge is 2.53. The minimum absolute atomic E-state index is 0.483. The number of hydrogen-bond acceptors (Lipinski definition) is 5. The van der Waals surface area contributed by atoms with E-state index in [4.69, 9.17) is 4.74 Å². The fraction of sp³-hybridized carbons (Fsp3) is 0.706. The molecule has 0 bridgehead atoms. The molecule has 1 aromatic rings. The number of carbonyl (C=O) groups is 1. The molecular weight excluding hydrogens is 296 g/mol. The summed E-state index contributed by atoms with van der Waals surface area (Å²) in [5, 5.41) is 20.5. The van der Waals surface area contributed by atoms with Gasteiger partial charge < -0.3 is 14.9 Å². The molecule has 2 aliphatic carbocycles. The summed E-state index contributed by atoms with van der Waals surface area (Å²) in [5.74, 6) is -0.932. The van der Waals surface area contributed by atoms with Gasteiger partial charge in [-0.15, -0.1) is 0 Å². The van der Waals surface area contributed by atoms with E-state index in [9.17, 15) is 15.0 Å². The Kier molecular flexibility index (Phi) is 4.64. The summed E-state index contributed by atoms with van der Waals surface area (Å²) in [6, 6.07) is 0. The van der Waals surface area contributed by atoms with Gasteiger partial charge in [0.05, 0.1) is 18.0 Å². The van der Waals surface area contributed by atoms with Gasteiger partial charge in [0, 0.05) is 12.4 Å². The molecule has 0 amide bonds. The molecule has 6 heteroatoms. The Morgan fingerprint density at radius 1 is 1.13 bits per heavy atom. The molecule has 0 radical (unpaired) electrons. The first kappa shape index (κ1) is 16.3. The van der Waals surface area contributed by atoms with Gasteiger partial charge in [-0.1, -0.05) is 12.8 Å². The standard InChI is InChI=1S/C17H24N2O4/c20-14-6-2-5-9-17(14,13-12-18-10-11-19-13)23-16(15(21)22)7-3-1-4-8-16/h10-12,14,20H,1-9H2,(H,21,22). The number of aliphatic hydroxyl groups is 1. The third kappa shape index (κ3) is 2.97. The van der Waals surface area contributed by atoms with Crippen molar-refractivity contribution in [3.8, 4) is 0 Å². The second-order valence-corrected chi connectivity index (χ2v) is 6.70. The topological polar surface area (TPSA) is 92.5 Å². The Morgan fingerprint density at radius 2 is 1.87 bits per heavy atom. The van der Waals surface area contributed by atoms with Crippen LogP contribution in [-0.4, -0.2) is 37.9 Å². The molecule has 3 rings (SSSR count). The van der Waals surface area contributed by atoms with E-state index < -0.39 is 23.3 Å². The van der Waals surface area contributed by atoms with E-state index in [-0.39, 0.29) is 0 Å². The summed E-state index contributed by atoms with van der Waals surface area (Å²) >= 11 is 0. The number of rotatable bonds is 4. The van der Waals surface area contributed by atoms with Crippen LogP contribution in [0.5, 0.6) is 0 Å². The third-order valence-corrected chi connectivity index (χ3v) is 5.24. The molecule has 6 nitrogen and oxygen atoms in total. The van der Waals surface area contributed by atoms with Crippen LogP contribution in [0, 0.1) is 0 Å². The van der Waals surface area contributed by atoms with Crippen molar-refractivity contribution < 1.29 is 19.7 Å². The lowest BCUT2D eigenvalue weighted by atomic mass is 9.77. The van der Waals surface area contributed by atoms with Crippen LogP contribution < -0.4 is 0 Å². The molecule has 2 N–H and O–H groups in total. The molecule has 2 atom stereocenters.